The van der Waals surface area contributed by atoms with E-state index < -0.39 is 11.6 Å². The second-order valence-corrected chi connectivity index (χ2v) is 6.50. The predicted octanol–water partition coefficient (Wildman–Crippen LogP) is 2.77. The zero-order chi connectivity index (χ0) is 17.9. The van der Waals surface area contributed by atoms with Gasteiger partial charge in [-0.15, -0.1) is 0 Å². The van der Waals surface area contributed by atoms with Gasteiger partial charge in [0.15, 0.2) is 5.60 Å². The van der Waals surface area contributed by atoms with Crippen LogP contribution in [0.25, 0.3) is 0 Å². The first-order valence-corrected chi connectivity index (χ1v) is 8.37. The van der Waals surface area contributed by atoms with Crippen molar-refractivity contribution in [3.63, 3.8) is 0 Å². The minimum Gasteiger partial charge on any atom is -0.447 e. The highest BCUT2D eigenvalue weighted by molar-refractivity contribution is 6.04. The van der Waals surface area contributed by atoms with E-state index in [2.05, 4.69) is 4.90 Å². The number of carbonyl (C=O) groups excluding carboxylic acids is 2. The SMILES string of the molecule is CN1CCC(OC(=O)c2ccc(N)cc2)(C(=O)c2ccccc2)CC1. The lowest BCUT2D eigenvalue weighted by Gasteiger charge is -2.38. The molecule has 0 saturated carbocycles. The van der Waals surface area contributed by atoms with Crippen LogP contribution >= 0.6 is 0 Å². The fraction of sp³-hybridized carbons (Fsp3) is 0.300. The monoisotopic (exact) mass is 338 g/mol. The average Bonchev–Trinajstić information content (AvgIpc) is 2.64. The maximum absolute atomic E-state index is 13.1. The number of ketones is 1. The summed E-state index contributed by atoms with van der Waals surface area (Å²) in [5.41, 5.74) is 6.08. The van der Waals surface area contributed by atoms with Gasteiger partial charge in [0, 0.05) is 37.2 Å². The first-order chi connectivity index (χ1) is 12.0. The van der Waals surface area contributed by atoms with Crippen molar-refractivity contribution in [2.45, 2.75) is 18.4 Å². The highest BCUT2D eigenvalue weighted by Gasteiger charge is 2.44. The van der Waals surface area contributed by atoms with Crippen LogP contribution in [-0.4, -0.2) is 42.4 Å². The summed E-state index contributed by atoms with van der Waals surface area (Å²) in [6, 6.07) is 15.6. The van der Waals surface area contributed by atoms with E-state index in [9.17, 15) is 9.59 Å². The molecule has 1 aliphatic rings. The summed E-state index contributed by atoms with van der Waals surface area (Å²) in [5.74, 6) is -0.626. The Balaban J connectivity index is 1.88. The zero-order valence-corrected chi connectivity index (χ0v) is 14.3. The lowest BCUT2D eigenvalue weighted by molar-refractivity contribution is -0.0327. The average molecular weight is 338 g/mol. The maximum atomic E-state index is 13.1. The zero-order valence-electron chi connectivity index (χ0n) is 14.3. The molecule has 1 fully saturated rings. The van der Waals surface area contributed by atoms with Crippen molar-refractivity contribution >= 4 is 17.4 Å². The Hall–Kier alpha value is -2.66. The van der Waals surface area contributed by atoms with Crippen LogP contribution in [0.4, 0.5) is 5.69 Å². The van der Waals surface area contributed by atoms with Crippen molar-refractivity contribution in [2.24, 2.45) is 0 Å². The van der Waals surface area contributed by atoms with Crippen LogP contribution in [0.5, 0.6) is 0 Å². The molecule has 3 rings (SSSR count). The number of nitrogens with two attached hydrogens (primary N) is 1. The minimum atomic E-state index is -1.12. The number of carbonyl (C=O) groups is 2. The Labute approximate surface area is 147 Å². The van der Waals surface area contributed by atoms with E-state index in [1.165, 1.54) is 0 Å². The van der Waals surface area contributed by atoms with Gasteiger partial charge in [0.1, 0.15) is 0 Å². The van der Waals surface area contributed by atoms with Gasteiger partial charge in [-0.2, -0.15) is 0 Å². The number of hydrogen-bond donors (Lipinski definition) is 1. The summed E-state index contributed by atoms with van der Waals surface area (Å²) in [6.07, 6.45) is 0.968. The molecule has 0 aliphatic carbocycles. The number of Topliss-reactive ketones (excluding diaryl/α,β-unsaturated/α-hetero) is 1. The quantitative estimate of drug-likeness (QED) is 0.527. The number of piperidine rings is 1. The first-order valence-electron chi connectivity index (χ1n) is 8.37. The number of ether oxygens (including phenoxy) is 1. The van der Waals surface area contributed by atoms with Crippen LogP contribution < -0.4 is 5.73 Å². The Bertz CT molecular complexity index is 748. The number of benzene rings is 2. The molecule has 0 spiro atoms. The largest absolute Gasteiger partial charge is 0.447 e. The fourth-order valence-corrected chi connectivity index (χ4v) is 3.06. The van der Waals surface area contributed by atoms with E-state index >= 15 is 0 Å². The minimum absolute atomic E-state index is 0.134. The van der Waals surface area contributed by atoms with Gasteiger partial charge in [0.05, 0.1) is 5.56 Å². The van der Waals surface area contributed by atoms with Gasteiger partial charge in [0.2, 0.25) is 5.78 Å². The van der Waals surface area contributed by atoms with Gasteiger partial charge in [-0.1, -0.05) is 30.3 Å². The Kier molecular flexibility index (Phi) is 4.86. The van der Waals surface area contributed by atoms with E-state index in [0.717, 1.165) is 0 Å². The third kappa shape index (κ3) is 3.72. The smallest absolute Gasteiger partial charge is 0.339 e. The van der Waals surface area contributed by atoms with Crippen LogP contribution in [0.2, 0.25) is 0 Å². The van der Waals surface area contributed by atoms with Crippen LogP contribution in [0.3, 0.4) is 0 Å². The lowest BCUT2D eigenvalue weighted by atomic mass is 9.83. The molecule has 25 heavy (non-hydrogen) atoms. The third-order valence-electron chi connectivity index (χ3n) is 4.68. The van der Waals surface area contributed by atoms with Gasteiger partial charge in [-0.3, -0.25) is 4.79 Å². The number of esters is 1. The van der Waals surface area contributed by atoms with Crippen molar-refractivity contribution in [2.75, 3.05) is 25.9 Å². The molecule has 1 heterocycles. The summed E-state index contributed by atoms with van der Waals surface area (Å²) < 4.78 is 5.81. The fourth-order valence-electron chi connectivity index (χ4n) is 3.06. The summed E-state index contributed by atoms with van der Waals surface area (Å²) in [6.45, 7) is 1.40. The van der Waals surface area contributed by atoms with E-state index in [0.29, 0.717) is 42.7 Å². The summed E-state index contributed by atoms with van der Waals surface area (Å²) in [5, 5.41) is 0. The number of hydrogen-bond acceptors (Lipinski definition) is 5. The van der Waals surface area contributed by atoms with Crippen molar-refractivity contribution < 1.29 is 14.3 Å². The number of nitrogens with zero attached hydrogens (tertiary/aromatic N) is 1. The van der Waals surface area contributed by atoms with Gasteiger partial charge in [-0.05, 0) is 31.3 Å². The number of anilines is 1. The van der Waals surface area contributed by atoms with E-state index in [4.69, 9.17) is 10.5 Å². The van der Waals surface area contributed by atoms with Gasteiger partial charge < -0.3 is 15.4 Å². The van der Waals surface area contributed by atoms with Gasteiger partial charge in [0.25, 0.3) is 0 Å². The third-order valence-corrected chi connectivity index (χ3v) is 4.68. The molecule has 2 N–H and O–H groups in total. The highest BCUT2D eigenvalue weighted by atomic mass is 16.6. The maximum Gasteiger partial charge on any atom is 0.339 e. The van der Waals surface area contributed by atoms with Crippen molar-refractivity contribution in [1.82, 2.24) is 4.90 Å². The molecule has 0 radical (unpaired) electrons. The predicted molar refractivity (Wildman–Crippen MR) is 96.5 cm³/mol. The molecular formula is C20H22N2O3. The molecular weight excluding hydrogens is 316 g/mol. The second-order valence-electron chi connectivity index (χ2n) is 6.50. The number of nitrogen functional groups attached to an aromatic ring is 1. The van der Waals surface area contributed by atoms with Crippen LogP contribution in [0, 0.1) is 0 Å². The lowest BCUT2D eigenvalue weighted by Crippen LogP contribution is -2.51. The standard InChI is InChI=1S/C20H22N2O3/c1-22-13-11-20(12-14-22,18(23)15-5-3-2-4-6-15)25-19(24)16-7-9-17(21)10-8-16/h2-10H,11-14,21H2,1H3. The molecule has 0 bridgehead atoms. The van der Waals surface area contributed by atoms with Crippen LogP contribution in [0.15, 0.2) is 54.6 Å². The topological polar surface area (TPSA) is 72.6 Å². The molecule has 0 unspecified atom stereocenters. The Morgan fingerprint density at radius 3 is 2.16 bits per heavy atom. The molecule has 1 aliphatic heterocycles. The number of rotatable bonds is 4. The highest BCUT2D eigenvalue weighted by Crippen LogP contribution is 2.31. The molecule has 0 atom stereocenters. The van der Waals surface area contributed by atoms with E-state index in [-0.39, 0.29) is 5.78 Å². The molecule has 2 aromatic carbocycles. The molecule has 2 aromatic rings. The van der Waals surface area contributed by atoms with E-state index in [1.54, 1.807) is 36.4 Å². The van der Waals surface area contributed by atoms with Crippen molar-refractivity contribution in [3.8, 4) is 0 Å². The summed E-state index contributed by atoms with van der Waals surface area (Å²) >= 11 is 0. The Morgan fingerprint density at radius 1 is 0.960 bits per heavy atom. The molecule has 5 nitrogen and oxygen atoms in total. The number of likely N-dealkylation sites (tertiary alicyclic amines) is 1. The first kappa shape index (κ1) is 17.2. The molecule has 1 saturated heterocycles. The molecule has 5 heteroatoms. The van der Waals surface area contributed by atoms with Crippen molar-refractivity contribution in [3.05, 3.63) is 65.7 Å². The summed E-state index contributed by atoms with van der Waals surface area (Å²) in [7, 11) is 2.00. The van der Waals surface area contributed by atoms with Crippen LogP contribution in [-0.2, 0) is 4.74 Å². The molecule has 130 valence electrons. The molecule has 0 amide bonds. The normalized spacial score (nSPS) is 17.0. The van der Waals surface area contributed by atoms with Gasteiger partial charge in [-0.25, -0.2) is 4.79 Å². The second kappa shape index (κ2) is 7.07. The van der Waals surface area contributed by atoms with Crippen molar-refractivity contribution in [1.29, 1.82) is 0 Å². The Morgan fingerprint density at radius 2 is 1.56 bits per heavy atom. The van der Waals surface area contributed by atoms with Gasteiger partial charge >= 0.3 is 5.97 Å². The molecule has 0 aromatic heterocycles. The summed E-state index contributed by atoms with van der Waals surface area (Å²) in [4.78, 5) is 27.9. The van der Waals surface area contributed by atoms with Crippen LogP contribution in [0.1, 0.15) is 33.6 Å². The van der Waals surface area contributed by atoms with E-state index in [1.807, 2.05) is 25.2 Å².